The van der Waals surface area contributed by atoms with E-state index >= 15 is 0 Å². The van der Waals surface area contributed by atoms with Gasteiger partial charge in [-0.2, -0.15) is 14.0 Å². The second-order valence-corrected chi connectivity index (χ2v) is 8.27. The maximum absolute atomic E-state index is 11.1. The molecule has 7 nitrogen and oxygen atoms in total. The molecule has 0 saturated carbocycles. The smallest absolute Gasteiger partial charge is 0.330 e. The van der Waals surface area contributed by atoms with E-state index in [0.29, 0.717) is 11.8 Å². The number of nitrogens with zero attached hydrogens (tertiary/aromatic N) is 1. The van der Waals surface area contributed by atoms with Gasteiger partial charge in [0, 0.05) is 29.0 Å². The summed E-state index contributed by atoms with van der Waals surface area (Å²) in [4.78, 5) is 2.33. The number of rotatable bonds is 2. The molecule has 2 bridgehead atoms. The van der Waals surface area contributed by atoms with Gasteiger partial charge >= 0.3 is 5.75 Å². The van der Waals surface area contributed by atoms with Gasteiger partial charge < -0.3 is 14.7 Å². The summed E-state index contributed by atoms with van der Waals surface area (Å²) < 4.78 is 43.9. The van der Waals surface area contributed by atoms with Crippen molar-refractivity contribution >= 4 is 0 Å². The first kappa shape index (κ1) is 15.9. The van der Waals surface area contributed by atoms with Crippen molar-refractivity contribution in [3.05, 3.63) is 35.4 Å². The van der Waals surface area contributed by atoms with Gasteiger partial charge in [-0.1, -0.05) is 22.5 Å². The molecule has 1 N–H and O–H groups in total. The molecule has 2 aliphatic heterocycles. The number of likely N-dealkylation sites (tertiary alicyclic amines) is 1. The Morgan fingerprint density at radius 1 is 1.32 bits per heavy atom. The topological polar surface area (TPSA) is 111 Å². The van der Waals surface area contributed by atoms with Crippen LogP contribution < -0.4 is 23.0 Å². The van der Waals surface area contributed by atoms with Gasteiger partial charge in [0.15, 0.2) is 5.75 Å². The van der Waals surface area contributed by atoms with E-state index in [4.69, 9.17) is 4.74 Å². The molecule has 1 aromatic rings. The third-order valence-electron chi connectivity index (χ3n) is 6.31. The monoisotopic (exact) mass is 367 g/mol. The second kappa shape index (κ2) is 4.88. The molecule has 0 radical (unpaired) electrons. The average Bonchev–Trinajstić information content (AvgIpc) is 2.88. The lowest BCUT2D eigenvalue weighted by atomic mass is 9.53. The van der Waals surface area contributed by atoms with Gasteiger partial charge in [-0.05, 0) is 32.0 Å². The maximum atomic E-state index is 11.1. The molecule has 2 heterocycles. The Morgan fingerprint density at radius 3 is 2.88 bits per heavy atom. The number of hydrogen-bond acceptors (Lipinski definition) is 7. The lowest BCUT2D eigenvalue weighted by Gasteiger charge is -2.56. The van der Waals surface area contributed by atoms with Crippen molar-refractivity contribution in [3.8, 4) is 11.5 Å². The number of halogens is 1. The van der Waals surface area contributed by atoms with E-state index < -0.39 is 27.9 Å². The Kier molecular flexibility index (Phi) is 3.10. The molecule has 1 spiro atoms. The van der Waals surface area contributed by atoms with E-state index in [1.54, 1.807) is 6.08 Å². The van der Waals surface area contributed by atoms with E-state index in [0.717, 1.165) is 30.5 Å². The Labute approximate surface area is 146 Å². The second-order valence-electron chi connectivity index (χ2n) is 7.36. The molecule has 5 atom stereocenters. The molecule has 25 heavy (non-hydrogen) atoms. The summed E-state index contributed by atoms with van der Waals surface area (Å²) in [5.41, 5.74) is 1.57. The standard InChI is InChI=1S/C17H18ClNO6/c1-19-7-6-17-10-3-4-12(20)16(17)24-15-13(25-18(21,22)23)5-2-9(14(15)17)8-11(10)19/h2-5,10-12,16,20H,6-8H2,1H3/t10-,11+,12-,16-,17-/m0/s1. The van der Waals surface area contributed by atoms with Crippen LogP contribution in [-0.2, 0) is 11.8 Å². The van der Waals surface area contributed by atoms with Gasteiger partial charge in [-0.15, -0.1) is 0 Å². The van der Waals surface area contributed by atoms with Crippen LogP contribution >= 0.6 is 0 Å². The molecular weight excluding hydrogens is 350 g/mol. The van der Waals surface area contributed by atoms with E-state index in [2.05, 4.69) is 22.3 Å². The van der Waals surface area contributed by atoms with Crippen LogP contribution in [0.5, 0.6) is 11.5 Å². The highest BCUT2D eigenvalue weighted by Crippen LogP contribution is 2.62. The minimum atomic E-state index is -4.61. The van der Waals surface area contributed by atoms with Crippen molar-refractivity contribution < 1.29 is 38.4 Å². The van der Waals surface area contributed by atoms with Crippen molar-refractivity contribution in [3.63, 3.8) is 0 Å². The fraction of sp³-hybridized carbons (Fsp3) is 0.529. The number of benzene rings is 1. The first-order valence-corrected chi connectivity index (χ1v) is 9.55. The SMILES string of the molecule is CN1CC[C@]23c4c5ccc(O[Cl+3]([O-])([O-])[O-])c4O[C@H]2[C@@H](O)C=C[C@H]3[C@H]1C5. The van der Waals surface area contributed by atoms with Crippen LogP contribution in [0.3, 0.4) is 0 Å². The first-order chi connectivity index (χ1) is 11.8. The summed E-state index contributed by atoms with van der Waals surface area (Å²) in [7, 11) is -2.51. The number of aliphatic hydroxyl groups is 1. The largest absolute Gasteiger partial charge is 0.481 e. The van der Waals surface area contributed by atoms with E-state index in [9.17, 15) is 19.1 Å². The lowest BCUT2D eigenvalue weighted by molar-refractivity contribution is -1.91. The zero-order valence-corrected chi connectivity index (χ0v) is 14.3. The highest BCUT2D eigenvalue weighted by molar-refractivity contribution is 5.62. The van der Waals surface area contributed by atoms with Crippen molar-refractivity contribution in [1.82, 2.24) is 4.90 Å². The third-order valence-corrected chi connectivity index (χ3v) is 6.67. The van der Waals surface area contributed by atoms with Crippen LogP contribution in [-0.4, -0.2) is 41.8 Å². The summed E-state index contributed by atoms with van der Waals surface area (Å²) in [6.45, 7) is 0.865. The fourth-order valence-corrected chi connectivity index (χ4v) is 5.72. The maximum Gasteiger partial charge on any atom is 0.330 e. The molecule has 5 rings (SSSR count). The summed E-state index contributed by atoms with van der Waals surface area (Å²) in [6, 6.07) is 3.59. The predicted molar refractivity (Wildman–Crippen MR) is 76.5 cm³/mol. The van der Waals surface area contributed by atoms with Crippen LogP contribution in [0.25, 0.3) is 0 Å². The Hall–Kier alpha value is -1.35. The van der Waals surface area contributed by atoms with Crippen molar-refractivity contribution in [2.45, 2.75) is 36.5 Å². The molecule has 1 saturated heterocycles. The molecule has 1 fully saturated rings. The van der Waals surface area contributed by atoms with E-state index in [-0.39, 0.29) is 11.7 Å². The minimum Gasteiger partial charge on any atom is -0.481 e. The van der Waals surface area contributed by atoms with Gasteiger partial charge in [0.1, 0.15) is 22.5 Å². The fourth-order valence-electron chi connectivity index (χ4n) is 5.39. The van der Waals surface area contributed by atoms with Gasteiger partial charge in [0.2, 0.25) is 0 Å². The molecule has 0 unspecified atom stereocenters. The zero-order chi connectivity index (χ0) is 17.6. The van der Waals surface area contributed by atoms with Crippen LogP contribution in [0.1, 0.15) is 17.5 Å². The summed E-state index contributed by atoms with van der Waals surface area (Å²) >= 11 is 0. The van der Waals surface area contributed by atoms with E-state index in [1.165, 1.54) is 6.07 Å². The molecule has 2 aliphatic carbocycles. The van der Waals surface area contributed by atoms with Crippen molar-refractivity contribution in [2.75, 3.05) is 13.6 Å². The number of aliphatic hydroxyl groups excluding tert-OH is 1. The highest BCUT2D eigenvalue weighted by Gasteiger charge is 2.64. The van der Waals surface area contributed by atoms with Crippen molar-refractivity contribution in [2.24, 2.45) is 5.92 Å². The first-order valence-electron chi connectivity index (χ1n) is 8.31. The molecule has 0 aromatic heterocycles. The predicted octanol–water partition coefficient (Wildman–Crippen LogP) is -2.23. The van der Waals surface area contributed by atoms with Crippen LogP contribution in [0.4, 0.5) is 0 Å². The van der Waals surface area contributed by atoms with Gasteiger partial charge in [-0.25, -0.2) is 0 Å². The Balaban J connectivity index is 1.73. The van der Waals surface area contributed by atoms with E-state index in [1.807, 2.05) is 6.07 Å². The molecule has 4 aliphatic rings. The highest BCUT2D eigenvalue weighted by atomic mass is 35.7. The lowest BCUT2D eigenvalue weighted by Crippen LogP contribution is -2.64. The zero-order valence-electron chi connectivity index (χ0n) is 13.6. The Morgan fingerprint density at radius 2 is 2.12 bits per heavy atom. The molecular formula is C17H18ClNO6. The molecule has 8 heteroatoms. The summed E-state index contributed by atoms with van der Waals surface area (Å²) in [6.07, 6.45) is 4.15. The van der Waals surface area contributed by atoms with Crippen LogP contribution in [0, 0.1) is 16.2 Å². The summed E-state index contributed by atoms with van der Waals surface area (Å²) in [5.74, 6) is 0.373. The number of hydrogen-bond donors (Lipinski definition) is 1. The van der Waals surface area contributed by atoms with Crippen LogP contribution in [0.2, 0.25) is 0 Å². The molecule has 0 amide bonds. The van der Waals surface area contributed by atoms with Crippen molar-refractivity contribution in [1.29, 1.82) is 0 Å². The number of piperidine rings is 1. The number of ether oxygens (including phenoxy) is 1. The van der Waals surface area contributed by atoms with Gasteiger partial charge in [-0.3, -0.25) is 0 Å². The average molecular weight is 368 g/mol. The summed E-state index contributed by atoms with van der Waals surface area (Å²) in [5, 5.41) is 10.5. The molecule has 1 aromatic carbocycles. The Bertz CT molecular complexity index is 777. The number of likely N-dealkylation sites (N-methyl/N-ethyl adjacent to an activating group) is 1. The third kappa shape index (κ3) is 1.99. The van der Waals surface area contributed by atoms with Gasteiger partial charge in [0.05, 0.1) is 0 Å². The van der Waals surface area contributed by atoms with Crippen LogP contribution in [0.15, 0.2) is 24.3 Å². The molecule has 134 valence electrons. The minimum absolute atomic E-state index is 0.0949. The quantitative estimate of drug-likeness (QED) is 0.589. The van der Waals surface area contributed by atoms with Gasteiger partial charge in [0.25, 0.3) is 0 Å². The normalized spacial score (nSPS) is 38.3.